The highest BCUT2D eigenvalue weighted by atomic mass is 32.2. The van der Waals surface area contributed by atoms with Crippen LogP contribution in [0.4, 0.5) is 11.4 Å². The molecule has 1 aliphatic rings. The van der Waals surface area contributed by atoms with Crippen molar-refractivity contribution in [2.45, 2.75) is 11.1 Å². The first-order valence-corrected chi connectivity index (χ1v) is 10.4. The van der Waals surface area contributed by atoms with Crippen molar-refractivity contribution in [3.05, 3.63) is 100 Å². The van der Waals surface area contributed by atoms with E-state index >= 15 is 0 Å². The molecule has 0 saturated carbocycles. The minimum absolute atomic E-state index is 0.0190. The lowest BCUT2D eigenvalue weighted by molar-refractivity contribution is -0.384. The third-order valence-corrected chi connectivity index (χ3v) is 5.93. The van der Waals surface area contributed by atoms with Crippen LogP contribution in [0.5, 0.6) is 0 Å². The zero-order valence-corrected chi connectivity index (χ0v) is 16.2. The van der Waals surface area contributed by atoms with Gasteiger partial charge in [-0.2, -0.15) is 0 Å². The summed E-state index contributed by atoms with van der Waals surface area (Å²) in [5.41, 5.74) is 0.943. The van der Waals surface area contributed by atoms with Gasteiger partial charge < -0.3 is 5.32 Å². The van der Waals surface area contributed by atoms with Crippen LogP contribution < -0.4 is 10.1 Å². The smallest absolute Gasteiger partial charge is 0.273 e. The van der Waals surface area contributed by atoms with Crippen molar-refractivity contribution in [3.8, 4) is 0 Å². The molecule has 0 fully saturated rings. The Morgan fingerprint density at radius 3 is 2.40 bits per heavy atom. The minimum atomic E-state index is -4.08. The van der Waals surface area contributed by atoms with Crippen LogP contribution in [-0.2, 0) is 10.0 Å². The molecule has 10 heteroatoms. The highest BCUT2D eigenvalue weighted by molar-refractivity contribution is 7.89. The molecular formula is C20H16N4O5S. The molecule has 3 aromatic rings. The summed E-state index contributed by atoms with van der Waals surface area (Å²) < 4.78 is 25.7. The molecule has 0 bridgehead atoms. The van der Waals surface area contributed by atoms with E-state index in [1.54, 1.807) is 48.5 Å². The largest absolute Gasteiger partial charge is 0.360 e. The number of hydrogen-bond donors (Lipinski definition) is 2. The average molecular weight is 424 g/mol. The van der Waals surface area contributed by atoms with Gasteiger partial charge in [-0.15, -0.1) is 4.83 Å². The molecule has 9 nitrogen and oxygen atoms in total. The van der Waals surface area contributed by atoms with Crippen LogP contribution in [0.2, 0.25) is 0 Å². The summed E-state index contributed by atoms with van der Waals surface area (Å²) >= 11 is 0. The Bertz CT molecular complexity index is 1230. The number of anilines is 1. The van der Waals surface area contributed by atoms with Crippen molar-refractivity contribution in [1.29, 1.82) is 0 Å². The number of sulfonamides is 1. The lowest BCUT2D eigenvalue weighted by Crippen LogP contribution is -2.52. The Morgan fingerprint density at radius 2 is 1.67 bits per heavy atom. The van der Waals surface area contributed by atoms with Gasteiger partial charge in [0.25, 0.3) is 21.6 Å². The van der Waals surface area contributed by atoms with E-state index in [-0.39, 0.29) is 16.1 Å². The quantitative estimate of drug-likeness (QED) is 0.480. The highest BCUT2D eigenvalue weighted by Crippen LogP contribution is 2.33. The van der Waals surface area contributed by atoms with E-state index in [4.69, 9.17) is 0 Å². The molecule has 0 aliphatic carbocycles. The molecule has 0 unspecified atom stereocenters. The van der Waals surface area contributed by atoms with Gasteiger partial charge in [-0.1, -0.05) is 42.5 Å². The van der Waals surface area contributed by atoms with Gasteiger partial charge in [-0.3, -0.25) is 14.9 Å². The van der Waals surface area contributed by atoms with Gasteiger partial charge in [0.2, 0.25) is 0 Å². The van der Waals surface area contributed by atoms with Crippen molar-refractivity contribution < 1.29 is 18.1 Å². The second-order valence-electron chi connectivity index (χ2n) is 6.53. The van der Waals surface area contributed by atoms with E-state index in [2.05, 4.69) is 10.1 Å². The first-order chi connectivity index (χ1) is 14.4. The van der Waals surface area contributed by atoms with Gasteiger partial charge in [-0.25, -0.2) is 13.4 Å². The molecule has 4 rings (SSSR count). The maximum atomic E-state index is 13.2. The second kappa shape index (κ2) is 7.58. The number of nitrogens with zero attached hydrogens (tertiary/aromatic N) is 2. The fourth-order valence-electron chi connectivity index (χ4n) is 3.17. The van der Waals surface area contributed by atoms with Crippen LogP contribution in [0.3, 0.4) is 0 Å². The number of nitro benzene ring substituents is 1. The van der Waals surface area contributed by atoms with Crippen molar-refractivity contribution in [1.82, 2.24) is 9.84 Å². The summed E-state index contributed by atoms with van der Waals surface area (Å²) in [6.07, 6.45) is -0.995. The number of rotatable bonds is 5. The van der Waals surface area contributed by atoms with Crippen molar-refractivity contribution >= 4 is 27.3 Å². The number of hydrazine groups is 1. The molecule has 0 saturated heterocycles. The van der Waals surface area contributed by atoms with E-state index in [1.165, 1.54) is 30.3 Å². The number of carbonyl (C=O) groups is 1. The molecule has 3 aromatic carbocycles. The average Bonchev–Trinajstić information content (AvgIpc) is 2.76. The summed E-state index contributed by atoms with van der Waals surface area (Å²) in [5.74, 6) is -0.583. The predicted octanol–water partition coefficient (Wildman–Crippen LogP) is 3.05. The normalized spacial score (nSPS) is 15.9. The zero-order valence-electron chi connectivity index (χ0n) is 15.4. The van der Waals surface area contributed by atoms with Gasteiger partial charge in [0, 0.05) is 23.4 Å². The SMILES string of the molecule is O=C1c2ccccc2N[C@H](c2cccc([N+](=O)[O-])c2)N1NS(=O)(=O)c1ccccc1. The standard InChI is InChI=1S/C20H16N4O5S/c25-20-17-11-4-5-12-18(17)21-19(14-7-6-8-15(13-14)24(26)27)23(20)22-30(28,29)16-9-2-1-3-10-16/h1-13,19,21-22H/t19-/m0/s1. The van der Waals surface area contributed by atoms with E-state index in [1.807, 2.05) is 0 Å². The Hall–Kier alpha value is -3.76. The monoisotopic (exact) mass is 424 g/mol. The Balaban J connectivity index is 1.79. The molecule has 0 spiro atoms. The molecule has 0 radical (unpaired) electrons. The van der Waals surface area contributed by atoms with Crippen LogP contribution >= 0.6 is 0 Å². The van der Waals surface area contributed by atoms with E-state index in [0.29, 0.717) is 11.3 Å². The maximum absolute atomic E-state index is 13.2. The van der Waals surface area contributed by atoms with Crippen LogP contribution in [0, 0.1) is 10.1 Å². The number of para-hydroxylation sites is 1. The summed E-state index contributed by atoms with van der Waals surface area (Å²) in [7, 11) is -4.08. The molecule has 30 heavy (non-hydrogen) atoms. The van der Waals surface area contributed by atoms with Gasteiger partial charge in [0.1, 0.15) is 6.17 Å². The zero-order chi connectivity index (χ0) is 21.3. The third-order valence-electron chi connectivity index (χ3n) is 4.60. The lowest BCUT2D eigenvalue weighted by Gasteiger charge is -2.37. The van der Waals surface area contributed by atoms with Crippen molar-refractivity contribution in [2.75, 3.05) is 5.32 Å². The third kappa shape index (κ3) is 3.61. The van der Waals surface area contributed by atoms with Crippen LogP contribution in [0.1, 0.15) is 22.1 Å². The van der Waals surface area contributed by atoms with Gasteiger partial charge >= 0.3 is 0 Å². The fraction of sp³-hybridized carbons (Fsp3) is 0.0500. The summed E-state index contributed by atoms with van der Waals surface area (Å²) in [4.78, 5) is 26.1. The Kier molecular flexibility index (Phi) is 4.94. The molecule has 2 N–H and O–H groups in total. The number of carbonyl (C=O) groups excluding carboxylic acids is 1. The summed E-state index contributed by atoms with van der Waals surface area (Å²) in [5, 5.41) is 15.2. The predicted molar refractivity (Wildman–Crippen MR) is 109 cm³/mol. The number of fused-ring (bicyclic) bond motifs is 1. The molecule has 0 aromatic heterocycles. The van der Waals surface area contributed by atoms with Gasteiger partial charge in [0.15, 0.2) is 0 Å². The van der Waals surface area contributed by atoms with E-state index in [9.17, 15) is 23.3 Å². The number of benzene rings is 3. The molecule has 1 atom stereocenters. The van der Waals surface area contributed by atoms with Gasteiger partial charge in [-0.05, 0) is 24.3 Å². The van der Waals surface area contributed by atoms with E-state index < -0.39 is 27.0 Å². The number of nitro groups is 1. The molecule has 152 valence electrons. The maximum Gasteiger partial charge on any atom is 0.273 e. The Labute approximate surface area is 172 Å². The highest BCUT2D eigenvalue weighted by Gasteiger charge is 2.36. The van der Waals surface area contributed by atoms with Crippen LogP contribution in [0.15, 0.2) is 83.8 Å². The molecule has 1 amide bonds. The lowest BCUT2D eigenvalue weighted by atomic mass is 10.0. The molecular weight excluding hydrogens is 408 g/mol. The number of hydrogen-bond acceptors (Lipinski definition) is 6. The number of non-ortho nitro benzene ring substituents is 1. The van der Waals surface area contributed by atoms with Crippen LogP contribution in [-0.4, -0.2) is 24.3 Å². The minimum Gasteiger partial charge on any atom is -0.360 e. The number of amides is 1. The van der Waals surface area contributed by atoms with Crippen molar-refractivity contribution in [3.63, 3.8) is 0 Å². The molecule has 1 aliphatic heterocycles. The van der Waals surface area contributed by atoms with Crippen LogP contribution in [0.25, 0.3) is 0 Å². The first-order valence-electron chi connectivity index (χ1n) is 8.88. The molecule has 1 heterocycles. The summed E-state index contributed by atoms with van der Waals surface area (Å²) in [6.45, 7) is 0. The van der Waals surface area contributed by atoms with E-state index in [0.717, 1.165) is 5.01 Å². The topological polar surface area (TPSA) is 122 Å². The second-order valence-corrected chi connectivity index (χ2v) is 8.19. The fourth-order valence-corrected chi connectivity index (χ4v) is 4.24. The first kappa shape index (κ1) is 19.6. The van der Waals surface area contributed by atoms with Gasteiger partial charge in [0.05, 0.1) is 15.4 Å². The Morgan fingerprint density at radius 1 is 0.967 bits per heavy atom. The van der Waals surface area contributed by atoms with Crippen molar-refractivity contribution in [2.24, 2.45) is 0 Å². The number of nitrogens with one attached hydrogen (secondary N) is 2. The summed E-state index contributed by atoms with van der Waals surface area (Å²) in [6, 6.07) is 19.9.